The Balaban J connectivity index is 1.56. The zero-order valence-electron chi connectivity index (χ0n) is 12.5. The number of hydrogen-bond acceptors (Lipinski definition) is 6. The summed E-state index contributed by atoms with van der Waals surface area (Å²) in [5.74, 6) is 3.23. The summed E-state index contributed by atoms with van der Waals surface area (Å²) < 4.78 is 21.6. The molecule has 6 nitrogen and oxygen atoms in total. The molecule has 1 aliphatic rings. The Labute approximate surface area is 132 Å². The van der Waals surface area contributed by atoms with Gasteiger partial charge in [0.2, 0.25) is 18.6 Å². The van der Waals surface area contributed by atoms with Crippen LogP contribution in [0.1, 0.15) is 11.5 Å². The van der Waals surface area contributed by atoms with E-state index in [1.165, 1.54) is 0 Å². The lowest BCUT2D eigenvalue weighted by Crippen LogP contribution is -1.92. The average Bonchev–Trinajstić information content (AvgIpc) is 3.23. The summed E-state index contributed by atoms with van der Waals surface area (Å²) in [6.07, 6.45) is 0.550. The van der Waals surface area contributed by atoms with E-state index in [4.69, 9.17) is 18.6 Å². The van der Waals surface area contributed by atoms with Crippen LogP contribution in [0.4, 0.5) is 0 Å². The van der Waals surface area contributed by atoms with E-state index >= 15 is 0 Å². The van der Waals surface area contributed by atoms with E-state index in [0.717, 1.165) is 22.6 Å². The van der Waals surface area contributed by atoms with Crippen molar-refractivity contribution in [3.63, 3.8) is 0 Å². The third-order valence-corrected chi connectivity index (χ3v) is 3.58. The number of hydrogen-bond donors (Lipinski definition) is 0. The predicted molar refractivity (Wildman–Crippen MR) is 81.7 cm³/mol. The Morgan fingerprint density at radius 2 is 1.96 bits per heavy atom. The first-order valence-corrected chi connectivity index (χ1v) is 7.17. The van der Waals surface area contributed by atoms with Gasteiger partial charge in [0.1, 0.15) is 5.75 Å². The third-order valence-electron chi connectivity index (χ3n) is 3.58. The van der Waals surface area contributed by atoms with Gasteiger partial charge in [-0.3, -0.25) is 0 Å². The lowest BCUT2D eigenvalue weighted by atomic mass is 10.1. The van der Waals surface area contributed by atoms with Crippen molar-refractivity contribution in [1.82, 2.24) is 10.2 Å². The molecule has 0 saturated heterocycles. The molecule has 1 aromatic heterocycles. The van der Waals surface area contributed by atoms with Crippen molar-refractivity contribution in [2.24, 2.45) is 0 Å². The number of fused-ring (bicyclic) bond motifs is 1. The third kappa shape index (κ3) is 2.70. The standard InChI is InChI=1S/C17H14N2O4/c1-20-13-4-2-3-11(7-13)8-16-18-19-17(23-16)12-5-6-14-15(9-12)22-10-21-14/h2-7,9H,8,10H2,1H3. The second kappa shape index (κ2) is 5.64. The largest absolute Gasteiger partial charge is 0.497 e. The molecule has 0 unspecified atom stereocenters. The Morgan fingerprint density at radius 1 is 1.04 bits per heavy atom. The molecule has 0 fully saturated rings. The molecule has 0 aliphatic carbocycles. The van der Waals surface area contributed by atoms with Crippen LogP contribution in [0.3, 0.4) is 0 Å². The van der Waals surface area contributed by atoms with E-state index in [9.17, 15) is 0 Å². The number of benzene rings is 2. The lowest BCUT2D eigenvalue weighted by molar-refractivity contribution is 0.174. The summed E-state index contributed by atoms with van der Waals surface area (Å²) >= 11 is 0. The molecule has 3 aromatic rings. The Bertz CT molecular complexity index is 844. The van der Waals surface area contributed by atoms with Gasteiger partial charge in [-0.25, -0.2) is 0 Å². The molecule has 0 atom stereocenters. The van der Waals surface area contributed by atoms with Gasteiger partial charge < -0.3 is 18.6 Å². The minimum atomic E-state index is 0.240. The van der Waals surface area contributed by atoms with Crippen LogP contribution < -0.4 is 14.2 Å². The van der Waals surface area contributed by atoms with Crippen LogP contribution >= 0.6 is 0 Å². The van der Waals surface area contributed by atoms with E-state index in [0.29, 0.717) is 24.0 Å². The highest BCUT2D eigenvalue weighted by molar-refractivity contribution is 5.60. The first kappa shape index (κ1) is 13.6. The van der Waals surface area contributed by atoms with Gasteiger partial charge in [0.05, 0.1) is 13.5 Å². The van der Waals surface area contributed by atoms with Gasteiger partial charge in [-0.05, 0) is 35.9 Å². The molecule has 0 radical (unpaired) electrons. The molecule has 23 heavy (non-hydrogen) atoms. The first-order valence-electron chi connectivity index (χ1n) is 7.17. The number of nitrogens with zero attached hydrogens (tertiary/aromatic N) is 2. The molecular weight excluding hydrogens is 296 g/mol. The van der Waals surface area contributed by atoms with E-state index in [1.807, 2.05) is 42.5 Å². The van der Waals surface area contributed by atoms with Crippen LogP contribution in [0.2, 0.25) is 0 Å². The zero-order chi connectivity index (χ0) is 15.6. The van der Waals surface area contributed by atoms with Crippen molar-refractivity contribution in [3.05, 3.63) is 53.9 Å². The minimum absolute atomic E-state index is 0.240. The van der Waals surface area contributed by atoms with Crippen LogP contribution in [0, 0.1) is 0 Å². The summed E-state index contributed by atoms with van der Waals surface area (Å²) in [4.78, 5) is 0. The molecule has 0 saturated carbocycles. The maximum absolute atomic E-state index is 5.75. The Hall–Kier alpha value is -3.02. The van der Waals surface area contributed by atoms with Gasteiger partial charge in [-0.2, -0.15) is 0 Å². The van der Waals surface area contributed by atoms with Gasteiger partial charge in [-0.1, -0.05) is 12.1 Å². The highest BCUT2D eigenvalue weighted by Crippen LogP contribution is 2.35. The van der Waals surface area contributed by atoms with E-state index < -0.39 is 0 Å². The smallest absolute Gasteiger partial charge is 0.247 e. The molecule has 116 valence electrons. The van der Waals surface area contributed by atoms with Crippen molar-refractivity contribution >= 4 is 0 Å². The van der Waals surface area contributed by atoms with Crippen molar-refractivity contribution in [2.75, 3.05) is 13.9 Å². The average molecular weight is 310 g/mol. The van der Waals surface area contributed by atoms with Crippen molar-refractivity contribution in [1.29, 1.82) is 0 Å². The Kier molecular flexibility index (Phi) is 3.34. The predicted octanol–water partition coefficient (Wildman–Crippen LogP) is 3.06. The lowest BCUT2D eigenvalue weighted by Gasteiger charge is -2.01. The van der Waals surface area contributed by atoms with Gasteiger partial charge in [-0.15, -0.1) is 10.2 Å². The Morgan fingerprint density at radius 3 is 2.87 bits per heavy atom. The molecule has 0 bridgehead atoms. The molecule has 6 heteroatoms. The summed E-state index contributed by atoms with van der Waals surface area (Å²) in [7, 11) is 1.64. The van der Waals surface area contributed by atoms with Crippen LogP contribution in [-0.2, 0) is 6.42 Å². The second-order valence-electron chi connectivity index (χ2n) is 5.10. The van der Waals surface area contributed by atoms with Gasteiger partial charge in [0, 0.05) is 5.56 Å². The van der Waals surface area contributed by atoms with Gasteiger partial charge >= 0.3 is 0 Å². The van der Waals surface area contributed by atoms with E-state index in [2.05, 4.69) is 10.2 Å². The number of ether oxygens (including phenoxy) is 3. The van der Waals surface area contributed by atoms with E-state index in [-0.39, 0.29) is 6.79 Å². The molecule has 2 heterocycles. The van der Waals surface area contributed by atoms with Crippen molar-refractivity contribution < 1.29 is 18.6 Å². The van der Waals surface area contributed by atoms with Crippen LogP contribution in [0.5, 0.6) is 17.2 Å². The maximum atomic E-state index is 5.75. The summed E-state index contributed by atoms with van der Waals surface area (Å²) in [6, 6.07) is 13.3. The van der Waals surface area contributed by atoms with Gasteiger partial charge in [0.15, 0.2) is 11.5 Å². The van der Waals surface area contributed by atoms with E-state index in [1.54, 1.807) is 7.11 Å². The molecule has 0 spiro atoms. The normalized spacial score (nSPS) is 12.4. The molecule has 0 N–H and O–H groups in total. The van der Waals surface area contributed by atoms with Crippen LogP contribution in [0.25, 0.3) is 11.5 Å². The quantitative estimate of drug-likeness (QED) is 0.738. The minimum Gasteiger partial charge on any atom is -0.497 e. The van der Waals surface area contributed by atoms with Crippen LogP contribution in [-0.4, -0.2) is 24.1 Å². The number of rotatable bonds is 4. The maximum Gasteiger partial charge on any atom is 0.247 e. The summed E-state index contributed by atoms with van der Waals surface area (Å²) in [5.41, 5.74) is 1.85. The number of aromatic nitrogens is 2. The topological polar surface area (TPSA) is 66.6 Å². The first-order chi connectivity index (χ1) is 11.3. The number of methoxy groups -OCH3 is 1. The monoisotopic (exact) mass is 310 g/mol. The fourth-order valence-electron chi connectivity index (χ4n) is 2.43. The van der Waals surface area contributed by atoms with Crippen molar-refractivity contribution in [3.8, 4) is 28.7 Å². The molecule has 0 amide bonds. The van der Waals surface area contributed by atoms with Crippen molar-refractivity contribution in [2.45, 2.75) is 6.42 Å². The molecular formula is C17H14N2O4. The highest BCUT2D eigenvalue weighted by atomic mass is 16.7. The SMILES string of the molecule is COc1cccc(Cc2nnc(-c3ccc4c(c3)OCO4)o2)c1. The fraction of sp³-hybridized carbons (Fsp3) is 0.176. The zero-order valence-corrected chi connectivity index (χ0v) is 12.5. The highest BCUT2D eigenvalue weighted by Gasteiger charge is 2.16. The van der Waals surface area contributed by atoms with Gasteiger partial charge in [0.25, 0.3) is 0 Å². The van der Waals surface area contributed by atoms with Crippen LogP contribution in [0.15, 0.2) is 46.9 Å². The fourth-order valence-corrected chi connectivity index (χ4v) is 2.43. The second-order valence-corrected chi connectivity index (χ2v) is 5.10. The summed E-state index contributed by atoms with van der Waals surface area (Å²) in [6.45, 7) is 0.240. The molecule has 2 aromatic carbocycles. The molecule has 4 rings (SSSR count). The molecule has 1 aliphatic heterocycles. The summed E-state index contributed by atoms with van der Waals surface area (Å²) in [5, 5.41) is 8.21.